The van der Waals surface area contributed by atoms with Crippen LogP contribution in [0.5, 0.6) is 11.5 Å². The van der Waals surface area contributed by atoms with Crippen molar-refractivity contribution in [3.05, 3.63) is 129 Å². The number of hydrogen-bond acceptors (Lipinski definition) is 6. The van der Waals surface area contributed by atoms with E-state index in [4.69, 9.17) is 0 Å². The van der Waals surface area contributed by atoms with Gasteiger partial charge in [-0.15, -0.1) is 0 Å². The number of carbonyl (C=O) groups excluding carboxylic acids is 4. The van der Waals surface area contributed by atoms with Crippen LogP contribution in [0, 0.1) is 0 Å². The summed E-state index contributed by atoms with van der Waals surface area (Å²) in [6, 6.07) is 22.4. The van der Waals surface area contributed by atoms with Crippen LogP contribution in [0.1, 0.15) is 63.7 Å². The quantitative estimate of drug-likeness (QED) is 0.297. The zero-order valence-corrected chi connectivity index (χ0v) is 18.9. The maximum atomic E-state index is 12.2. The maximum absolute atomic E-state index is 12.2. The van der Waals surface area contributed by atoms with Crippen LogP contribution >= 0.6 is 0 Å². The smallest absolute Gasteiger partial charge is 0.198 e. The molecule has 4 aromatic carbocycles. The maximum Gasteiger partial charge on any atom is 0.198 e. The normalized spacial score (nSPS) is 12.8. The molecule has 0 spiro atoms. The minimum absolute atomic E-state index is 0. The Labute approximate surface area is 209 Å². The van der Waals surface area contributed by atoms with E-state index in [9.17, 15) is 29.4 Å². The Kier molecular flexibility index (Phi) is 6.20. The van der Waals surface area contributed by atoms with E-state index in [-0.39, 0.29) is 73.4 Å². The van der Waals surface area contributed by atoms with E-state index in [1.54, 1.807) is 72.8 Å². The van der Waals surface area contributed by atoms with Gasteiger partial charge in [0.25, 0.3) is 0 Å². The number of aromatic hydroxyl groups is 2. The molecule has 2 aliphatic carbocycles. The van der Waals surface area contributed by atoms with E-state index in [0.717, 1.165) is 0 Å². The van der Waals surface area contributed by atoms with E-state index in [2.05, 4.69) is 0 Å². The SMILES string of the molecule is O=C1c2ccccc2C(=O)c2c(O)cccc21.O=C1c2ccccc2C(=O)c2c(O)cccc21.[Ni]. The zero-order chi connectivity index (χ0) is 24.0. The minimum Gasteiger partial charge on any atom is -0.507 e. The summed E-state index contributed by atoms with van der Waals surface area (Å²) >= 11 is 0. The topological polar surface area (TPSA) is 109 Å². The van der Waals surface area contributed by atoms with E-state index in [1.165, 1.54) is 12.1 Å². The molecule has 2 N–H and O–H groups in total. The average molecular weight is 507 g/mol. The molecule has 0 saturated heterocycles. The van der Waals surface area contributed by atoms with E-state index >= 15 is 0 Å². The first-order valence-corrected chi connectivity index (χ1v) is 10.4. The standard InChI is InChI=1S/2C14H8O3.Ni/c2*15-11-7-3-6-10-12(11)14(17)9-5-2-1-4-8(9)13(10)16;/h2*1-7,15H;. The second-order valence-corrected chi connectivity index (χ2v) is 7.81. The van der Waals surface area contributed by atoms with Crippen molar-refractivity contribution in [2.75, 3.05) is 0 Å². The van der Waals surface area contributed by atoms with Gasteiger partial charge >= 0.3 is 0 Å². The Morgan fingerprint density at radius 3 is 1.00 bits per heavy atom. The first-order chi connectivity index (χ1) is 16.4. The second-order valence-electron chi connectivity index (χ2n) is 7.81. The van der Waals surface area contributed by atoms with Crippen molar-refractivity contribution in [1.29, 1.82) is 0 Å². The number of benzene rings is 4. The summed E-state index contributed by atoms with van der Waals surface area (Å²) in [5, 5.41) is 19.4. The van der Waals surface area contributed by atoms with Crippen molar-refractivity contribution in [2.45, 2.75) is 0 Å². The Balaban J connectivity index is 0.000000160. The Morgan fingerprint density at radius 2 is 0.657 bits per heavy atom. The predicted octanol–water partition coefficient (Wildman–Crippen LogP) is 4.33. The number of phenols is 2. The van der Waals surface area contributed by atoms with Crippen LogP contribution in [0.4, 0.5) is 0 Å². The Hall–Kier alpha value is -4.35. The van der Waals surface area contributed by atoms with Crippen LogP contribution in [0.2, 0.25) is 0 Å². The minimum atomic E-state index is -0.298. The molecule has 35 heavy (non-hydrogen) atoms. The number of hydrogen-bond donors (Lipinski definition) is 2. The van der Waals surface area contributed by atoms with Gasteiger partial charge in [-0.3, -0.25) is 19.2 Å². The summed E-state index contributed by atoms with van der Waals surface area (Å²) in [5.41, 5.74) is 2.26. The number of fused-ring (bicyclic) bond motifs is 4. The Morgan fingerprint density at radius 1 is 0.371 bits per heavy atom. The molecular formula is C28H16NiO6. The number of ketones is 4. The Bertz CT molecular complexity index is 1440. The molecule has 4 aromatic rings. The van der Waals surface area contributed by atoms with Gasteiger partial charge in [0.15, 0.2) is 23.1 Å². The molecule has 0 amide bonds. The molecule has 0 bridgehead atoms. The van der Waals surface area contributed by atoms with Crippen molar-refractivity contribution in [2.24, 2.45) is 0 Å². The second kappa shape index (κ2) is 9.12. The summed E-state index contributed by atoms with van der Waals surface area (Å²) in [6.45, 7) is 0. The molecule has 0 saturated carbocycles. The molecule has 174 valence electrons. The van der Waals surface area contributed by atoms with Gasteiger partial charge in [0.1, 0.15) is 11.5 Å². The van der Waals surface area contributed by atoms with Crippen LogP contribution in [0.15, 0.2) is 84.9 Å². The van der Waals surface area contributed by atoms with Gasteiger partial charge in [0.05, 0.1) is 11.1 Å². The molecule has 0 heterocycles. The number of phenolic OH excluding ortho intramolecular Hbond substituents is 2. The van der Waals surface area contributed by atoms with Gasteiger partial charge in [-0.25, -0.2) is 0 Å². The van der Waals surface area contributed by atoms with Crippen molar-refractivity contribution < 1.29 is 45.9 Å². The van der Waals surface area contributed by atoms with Crippen LogP contribution in [0.25, 0.3) is 0 Å². The summed E-state index contributed by atoms with van der Waals surface area (Å²) in [7, 11) is 0. The summed E-state index contributed by atoms with van der Waals surface area (Å²) in [6.07, 6.45) is 0. The first-order valence-electron chi connectivity index (χ1n) is 10.4. The first kappa shape index (κ1) is 23.8. The fourth-order valence-corrected chi connectivity index (χ4v) is 4.25. The van der Waals surface area contributed by atoms with Crippen LogP contribution in [-0.4, -0.2) is 33.3 Å². The molecule has 0 atom stereocenters. The van der Waals surface area contributed by atoms with Gasteiger partial charge in [0.2, 0.25) is 0 Å². The summed E-state index contributed by atoms with van der Waals surface area (Å²) < 4.78 is 0. The predicted molar refractivity (Wildman–Crippen MR) is 123 cm³/mol. The molecule has 2 aliphatic rings. The van der Waals surface area contributed by atoms with Crippen LogP contribution in [-0.2, 0) is 16.5 Å². The molecule has 0 unspecified atom stereocenters. The molecule has 0 aromatic heterocycles. The molecule has 6 nitrogen and oxygen atoms in total. The van der Waals surface area contributed by atoms with E-state index < -0.39 is 0 Å². The summed E-state index contributed by atoms with van der Waals surface area (Å²) in [5.74, 6) is -1.32. The van der Waals surface area contributed by atoms with Crippen molar-refractivity contribution >= 4 is 23.1 Å². The van der Waals surface area contributed by atoms with Gasteiger partial charge in [-0.05, 0) is 12.1 Å². The molecule has 0 radical (unpaired) electrons. The molecule has 0 fully saturated rings. The molecule has 7 heteroatoms. The number of carbonyl (C=O) groups is 4. The van der Waals surface area contributed by atoms with Crippen molar-refractivity contribution in [3.63, 3.8) is 0 Å². The van der Waals surface area contributed by atoms with Crippen molar-refractivity contribution in [3.8, 4) is 11.5 Å². The van der Waals surface area contributed by atoms with Gasteiger partial charge in [-0.2, -0.15) is 0 Å². The van der Waals surface area contributed by atoms with Crippen molar-refractivity contribution in [1.82, 2.24) is 0 Å². The fourth-order valence-electron chi connectivity index (χ4n) is 4.25. The number of rotatable bonds is 0. The van der Waals surface area contributed by atoms with Crippen LogP contribution in [0.3, 0.4) is 0 Å². The van der Waals surface area contributed by atoms with Crippen LogP contribution < -0.4 is 0 Å². The van der Waals surface area contributed by atoms with Gasteiger partial charge in [-0.1, -0.05) is 72.8 Å². The third-order valence-electron chi connectivity index (χ3n) is 5.86. The monoisotopic (exact) mass is 506 g/mol. The summed E-state index contributed by atoms with van der Waals surface area (Å²) in [4.78, 5) is 48.6. The zero-order valence-electron chi connectivity index (χ0n) is 17.9. The van der Waals surface area contributed by atoms with E-state index in [1.807, 2.05) is 0 Å². The molecule has 0 aliphatic heterocycles. The third kappa shape index (κ3) is 3.76. The van der Waals surface area contributed by atoms with Gasteiger partial charge < -0.3 is 10.2 Å². The third-order valence-corrected chi connectivity index (χ3v) is 5.86. The fraction of sp³-hybridized carbons (Fsp3) is 0. The van der Waals surface area contributed by atoms with E-state index in [0.29, 0.717) is 22.3 Å². The largest absolute Gasteiger partial charge is 0.507 e. The molecule has 6 rings (SSSR count). The van der Waals surface area contributed by atoms with Gasteiger partial charge in [0, 0.05) is 49.9 Å². The average Bonchev–Trinajstić information content (AvgIpc) is 2.86. The molecular weight excluding hydrogens is 491 g/mol.